The zero-order valence-electron chi connectivity index (χ0n) is 11.6. The molecule has 1 aromatic heterocycles. The van der Waals surface area contributed by atoms with Gasteiger partial charge in [-0.05, 0) is 31.0 Å². The number of aromatic nitrogens is 2. The van der Waals surface area contributed by atoms with Crippen molar-refractivity contribution < 1.29 is 13.6 Å². The van der Waals surface area contributed by atoms with Gasteiger partial charge >= 0.3 is 6.03 Å². The highest BCUT2D eigenvalue weighted by Gasteiger charge is 2.25. The van der Waals surface area contributed by atoms with Crippen LogP contribution >= 0.6 is 0 Å². The predicted molar refractivity (Wildman–Crippen MR) is 76.2 cm³/mol. The zero-order valence-corrected chi connectivity index (χ0v) is 11.6. The summed E-state index contributed by atoms with van der Waals surface area (Å²) in [5.41, 5.74) is 1.88. The van der Waals surface area contributed by atoms with E-state index in [1.165, 1.54) is 12.4 Å². The molecule has 0 bridgehead atoms. The Labute approximate surface area is 125 Å². The van der Waals surface area contributed by atoms with Crippen LogP contribution in [0.25, 0.3) is 0 Å². The van der Waals surface area contributed by atoms with Crippen LogP contribution in [-0.4, -0.2) is 16.0 Å². The molecule has 3 rings (SSSR count). The minimum absolute atomic E-state index is 0.178. The molecule has 2 N–H and O–H groups in total. The molecule has 1 heterocycles. The summed E-state index contributed by atoms with van der Waals surface area (Å²) in [6.45, 7) is 0.234. The van der Waals surface area contributed by atoms with E-state index in [1.807, 2.05) is 6.07 Å². The molecule has 5 nitrogen and oxygen atoms in total. The maximum atomic E-state index is 13.0. The van der Waals surface area contributed by atoms with Gasteiger partial charge in [0.15, 0.2) is 11.6 Å². The Kier molecular flexibility index (Phi) is 3.95. The lowest BCUT2D eigenvalue weighted by Crippen LogP contribution is -2.28. The molecule has 0 unspecified atom stereocenters. The number of hydrogen-bond acceptors (Lipinski definition) is 3. The molecular weight excluding hydrogens is 290 g/mol. The van der Waals surface area contributed by atoms with Gasteiger partial charge in [0.2, 0.25) is 0 Å². The van der Waals surface area contributed by atoms with Gasteiger partial charge in [0.05, 0.1) is 12.2 Å². The fourth-order valence-electron chi connectivity index (χ4n) is 2.03. The summed E-state index contributed by atoms with van der Waals surface area (Å²) in [6.07, 6.45) is 3.76. The fraction of sp³-hybridized carbons (Fsp3) is 0.267. The van der Waals surface area contributed by atoms with Gasteiger partial charge in [-0.3, -0.25) is 0 Å². The van der Waals surface area contributed by atoms with Crippen LogP contribution in [0.4, 0.5) is 19.3 Å². The molecule has 2 aromatic rings. The summed E-state index contributed by atoms with van der Waals surface area (Å²) < 4.78 is 25.8. The van der Waals surface area contributed by atoms with Crippen molar-refractivity contribution in [2.45, 2.75) is 25.3 Å². The van der Waals surface area contributed by atoms with E-state index in [-0.39, 0.29) is 12.2 Å². The van der Waals surface area contributed by atoms with E-state index >= 15 is 0 Å². The Bertz CT molecular complexity index is 704. The standard InChI is InChI=1S/C15H14F2N4O/c16-12-4-3-10(5-13(12)17)21-15(22)18-7-11-6-14(9-1-2-9)20-8-19-11/h3-6,8-9H,1-2,7H2,(H2,18,21,22). The lowest BCUT2D eigenvalue weighted by molar-refractivity contribution is 0.251. The molecule has 1 aromatic carbocycles. The molecule has 7 heteroatoms. The zero-order chi connectivity index (χ0) is 15.5. The smallest absolute Gasteiger partial charge is 0.319 e. The molecule has 1 saturated carbocycles. The first-order chi connectivity index (χ1) is 10.6. The van der Waals surface area contributed by atoms with Crippen LogP contribution in [0.2, 0.25) is 0 Å². The molecule has 1 fully saturated rings. The van der Waals surface area contributed by atoms with Crippen LogP contribution in [-0.2, 0) is 6.54 Å². The number of anilines is 1. The first-order valence-electron chi connectivity index (χ1n) is 6.92. The number of carbonyl (C=O) groups excluding carboxylic acids is 1. The third-order valence-corrected chi connectivity index (χ3v) is 3.35. The van der Waals surface area contributed by atoms with Crippen molar-refractivity contribution in [2.24, 2.45) is 0 Å². The van der Waals surface area contributed by atoms with Gasteiger partial charge in [-0.25, -0.2) is 23.5 Å². The van der Waals surface area contributed by atoms with Crippen LogP contribution < -0.4 is 10.6 Å². The lowest BCUT2D eigenvalue weighted by atomic mass is 10.2. The van der Waals surface area contributed by atoms with Crippen LogP contribution in [0.15, 0.2) is 30.6 Å². The first-order valence-corrected chi connectivity index (χ1v) is 6.92. The molecule has 0 atom stereocenters. The second-order valence-electron chi connectivity index (χ2n) is 5.15. The van der Waals surface area contributed by atoms with Gasteiger partial charge < -0.3 is 10.6 Å². The van der Waals surface area contributed by atoms with Gasteiger partial charge in [-0.1, -0.05) is 0 Å². The van der Waals surface area contributed by atoms with Crippen molar-refractivity contribution in [3.05, 3.63) is 53.6 Å². The molecule has 2 amide bonds. The van der Waals surface area contributed by atoms with E-state index in [4.69, 9.17) is 0 Å². The first kappa shape index (κ1) is 14.4. The topological polar surface area (TPSA) is 66.9 Å². The van der Waals surface area contributed by atoms with Crippen LogP contribution in [0.3, 0.4) is 0 Å². The highest BCUT2D eigenvalue weighted by atomic mass is 19.2. The summed E-state index contributed by atoms with van der Waals surface area (Å²) >= 11 is 0. The predicted octanol–water partition coefficient (Wildman–Crippen LogP) is 2.95. The third kappa shape index (κ3) is 3.55. The van der Waals surface area contributed by atoms with Gasteiger partial charge in [0, 0.05) is 23.4 Å². The Balaban J connectivity index is 1.55. The molecule has 0 aliphatic heterocycles. The van der Waals surface area contributed by atoms with E-state index in [0.29, 0.717) is 11.6 Å². The van der Waals surface area contributed by atoms with Crippen molar-refractivity contribution in [2.75, 3.05) is 5.32 Å². The molecule has 0 saturated heterocycles. The number of hydrogen-bond donors (Lipinski definition) is 2. The van der Waals surface area contributed by atoms with Gasteiger partial charge in [0.1, 0.15) is 6.33 Å². The quantitative estimate of drug-likeness (QED) is 0.912. The number of benzene rings is 1. The van der Waals surface area contributed by atoms with Crippen molar-refractivity contribution in [3.8, 4) is 0 Å². The van der Waals surface area contributed by atoms with E-state index in [0.717, 1.165) is 30.7 Å². The second kappa shape index (κ2) is 6.05. The molecule has 1 aliphatic carbocycles. The molecule has 0 spiro atoms. The van der Waals surface area contributed by atoms with Gasteiger partial charge in [-0.2, -0.15) is 0 Å². The van der Waals surface area contributed by atoms with E-state index in [9.17, 15) is 13.6 Å². The SMILES string of the molecule is O=C(NCc1cc(C2CC2)ncn1)Nc1ccc(F)c(F)c1. The molecule has 114 valence electrons. The Morgan fingerprint density at radius 2 is 2.00 bits per heavy atom. The number of rotatable bonds is 4. The maximum absolute atomic E-state index is 13.0. The lowest BCUT2D eigenvalue weighted by Gasteiger charge is -2.08. The Hall–Kier alpha value is -2.57. The number of nitrogens with zero attached hydrogens (tertiary/aromatic N) is 2. The average molecular weight is 304 g/mol. The molecule has 22 heavy (non-hydrogen) atoms. The number of nitrogens with one attached hydrogen (secondary N) is 2. The summed E-state index contributed by atoms with van der Waals surface area (Å²) in [7, 11) is 0. The number of amides is 2. The third-order valence-electron chi connectivity index (χ3n) is 3.35. The normalized spacial score (nSPS) is 13.7. The summed E-state index contributed by atoms with van der Waals surface area (Å²) in [5, 5.41) is 5.04. The van der Waals surface area contributed by atoms with E-state index in [2.05, 4.69) is 20.6 Å². The van der Waals surface area contributed by atoms with Gasteiger partial charge in [-0.15, -0.1) is 0 Å². The number of halogens is 2. The molecule has 0 radical (unpaired) electrons. The maximum Gasteiger partial charge on any atom is 0.319 e. The molecular formula is C15H14F2N4O. The monoisotopic (exact) mass is 304 g/mol. The highest BCUT2D eigenvalue weighted by molar-refractivity contribution is 5.89. The minimum atomic E-state index is -1.01. The summed E-state index contributed by atoms with van der Waals surface area (Å²) in [6, 6.07) is 4.52. The van der Waals surface area contributed by atoms with E-state index < -0.39 is 17.7 Å². The van der Waals surface area contributed by atoms with Crippen LogP contribution in [0.5, 0.6) is 0 Å². The number of carbonyl (C=O) groups is 1. The Morgan fingerprint density at radius 3 is 2.73 bits per heavy atom. The van der Waals surface area contributed by atoms with Crippen molar-refractivity contribution in [1.82, 2.24) is 15.3 Å². The summed E-state index contributed by atoms with van der Waals surface area (Å²) in [5.74, 6) is -1.46. The summed E-state index contributed by atoms with van der Waals surface area (Å²) in [4.78, 5) is 20.0. The van der Waals surface area contributed by atoms with Crippen LogP contribution in [0.1, 0.15) is 30.1 Å². The largest absolute Gasteiger partial charge is 0.332 e. The Morgan fingerprint density at radius 1 is 1.18 bits per heavy atom. The fourth-order valence-corrected chi connectivity index (χ4v) is 2.03. The van der Waals surface area contributed by atoms with Gasteiger partial charge in [0.25, 0.3) is 0 Å². The van der Waals surface area contributed by atoms with Crippen LogP contribution in [0, 0.1) is 11.6 Å². The molecule has 1 aliphatic rings. The highest BCUT2D eigenvalue weighted by Crippen LogP contribution is 2.38. The van der Waals surface area contributed by atoms with Crippen molar-refractivity contribution in [1.29, 1.82) is 0 Å². The van der Waals surface area contributed by atoms with E-state index in [1.54, 1.807) is 0 Å². The average Bonchev–Trinajstić information content (AvgIpc) is 3.34. The number of urea groups is 1. The van der Waals surface area contributed by atoms with Crippen molar-refractivity contribution >= 4 is 11.7 Å². The second-order valence-corrected chi connectivity index (χ2v) is 5.15. The van der Waals surface area contributed by atoms with Crippen molar-refractivity contribution in [3.63, 3.8) is 0 Å². The minimum Gasteiger partial charge on any atom is -0.332 e.